The molecule has 2 aromatic heterocycles. The van der Waals surface area contributed by atoms with E-state index in [1.807, 2.05) is 11.0 Å². The minimum atomic E-state index is -0.0476. The zero-order chi connectivity index (χ0) is 16.0. The van der Waals surface area contributed by atoms with Gasteiger partial charge in [-0.05, 0) is 40.4 Å². The van der Waals surface area contributed by atoms with Crippen LogP contribution in [0.25, 0.3) is 5.65 Å². The van der Waals surface area contributed by atoms with Crippen LogP contribution in [0.15, 0.2) is 47.2 Å². The summed E-state index contributed by atoms with van der Waals surface area (Å²) in [5, 5.41) is 4.37. The lowest BCUT2D eigenvalue weighted by atomic mass is 9.94. The Balaban J connectivity index is 1.68. The number of halogens is 1. The van der Waals surface area contributed by atoms with E-state index < -0.39 is 0 Å². The molecule has 0 saturated carbocycles. The van der Waals surface area contributed by atoms with Gasteiger partial charge >= 0.3 is 0 Å². The van der Waals surface area contributed by atoms with Gasteiger partial charge in [-0.1, -0.05) is 24.3 Å². The van der Waals surface area contributed by atoms with Crippen molar-refractivity contribution in [2.75, 3.05) is 0 Å². The van der Waals surface area contributed by atoms with Crippen LogP contribution in [-0.4, -0.2) is 31.4 Å². The average Bonchev–Trinajstić information content (AvgIpc) is 2.96. The largest absolute Gasteiger partial charge is 0.330 e. The van der Waals surface area contributed by atoms with Crippen LogP contribution in [-0.2, 0) is 13.0 Å². The minimum Gasteiger partial charge on any atom is -0.330 e. The maximum absolute atomic E-state index is 12.9. The van der Waals surface area contributed by atoms with E-state index in [4.69, 9.17) is 0 Å². The SMILES string of the molecule is C[C@@H]1Cc2ccccc2CN1C(=O)c1cc2ncc(Br)cn2n1. The Hall–Kier alpha value is -2.21. The van der Waals surface area contributed by atoms with Crippen molar-refractivity contribution in [3.63, 3.8) is 0 Å². The van der Waals surface area contributed by atoms with Crippen LogP contribution in [0.3, 0.4) is 0 Å². The fourth-order valence-corrected chi connectivity index (χ4v) is 3.35. The molecular weight excluding hydrogens is 356 g/mol. The molecule has 1 aliphatic rings. The molecule has 0 fully saturated rings. The third kappa shape index (κ3) is 2.53. The van der Waals surface area contributed by atoms with Crippen LogP contribution < -0.4 is 0 Å². The van der Waals surface area contributed by atoms with Crippen LogP contribution >= 0.6 is 15.9 Å². The molecule has 1 atom stereocenters. The van der Waals surface area contributed by atoms with Crippen LogP contribution in [0.1, 0.15) is 28.5 Å². The van der Waals surface area contributed by atoms with Gasteiger partial charge in [-0.3, -0.25) is 4.79 Å². The number of rotatable bonds is 1. The van der Waals surface area contributed by atoms with E-state index in [0.717, 1.165) is 10.9 Å². The second-order valence-electron chi connectivity index (χ2n) is 5.86. The van der Waals surface area contributed by atoms with E-state index in [1.165, 1.54) is 11.1 Å². The van der Waals surface area contributed by atoms with Crippen molar-refractivity contribution in [1.82, 2.24) is 19.5 Å². The molecule has 6 heteroatoms. The van der Waals surface area contributed by atoms with Gasteiger partial charge in [0.15, 0.2) is 11.3 Å². The maximum Gasteiger partial charge on any atom is 0.275 e. The summed E-state index contributed by atoms with van der Waals surface area (Å²) < 4.78 is 2.45. The molecule has 0 unspecified atom stereocenters. The lowest BCUT2D eigenvalue weighted by Crippen LogP contribution is -2.42. The smallest absolute Gasteiger partial charge is 0.275 e. The molecule has 0 bridgehead atoms. The van der Waals surface area contributed by atoms with Crippen LogP contribution in [0.4, 0.5) is 0 Å². The first kappa shape index (κ1) is 14.4. The fraction of sp³-hybridized carbons (Fsp3) is 0.235. The number of hydrogen-bond acceptors (Lipinski definition) is 3. The summed E-state index contributed by atoms with van der Waals surface area (Å²) in [5.41, 5.74) is 3.64. The molecule has 3 heterocycles. The molecule has 0 aliphatic carbocycles. The number of fused-ring (bicyclic) bond motifs is 2. The summed E-state index contributed by atoms with van der Waals surface area (Å²) in [5.74, 6) is -0.0476. The molecule has 0 saturated heterocycles. The molecule has 0 radical (unpaired) electrons. The van der Waals surface area contributed by atoms with E-state index in [1.54, 1.807) is 23.0 Å². The van der Waals surface area contributed by atoms with E-state index >= 15 is 0 Å². The Morgan fingerprint density at radius 2 is 2.09 bits per heavy atom. The zero-order valence-corrected chi connectivity index (χ0v) is 14.2. The van der Waals surface area contributed by atoms with E-state index in [2.05, 4.69) is 51.1 Å². The molecule has 1 aliphatic heterocycles. The van der Waals surface area contributed by atoms with Gasteiger partial charge in [0.25, 0.3) is 5.91 Å². The van der Waals surface area contributed by atoms with Crippen LogP contribution in [0.5, 0.6) is 0 Å². The summed E-state index contributed by atoms with van der Waals surface area (Å²) in [7, 11) is 0. The second kappa shape index (κ2) is 5.45. The van der Waals surface area contributed by atoms with Crippen molar-refractivity contribution in [3.05, 3.63) is 64.0 Å². The molecular formula is C17H15BrN4O. The van der Waals surface area contributed by atoms with Crippen molar-refractivity contribution >= 4 is 27.5 Å². The first-order chi connectivity index (χ1) is 11.1. The van der Waals surface area contributed by atoms with Gasteiger partial charge in [-0.15, -0.1) is 0 Å². The third-order valence-corrected chi connectivity index (χ3v) is 4.68. The maximum atomic E-state index is 12.9. The minimum absolute atomic E-state index is 0.0476. The number of amides is 1. The zero-order valence-electron chi connectivity index (χ0n) is 12.6. The van der Waals surface area contributed by atoms with Gasteiger partial charge in [-0.2, -0.15) is 5.10 Å². The molecule has 5 nitrogen and oxygen atoms in total. The summed E-state index contributed by atoms with van der Waals surface area (Å²) in [6.07, 6.45) is 4.37. The summed E-state index contributed by atoms with van der Waals surface area (Å²) in [6, 6.07) is 10.2. The predicted octanol–water partition coefficient (Wildman–Crippen LogP) is 3.08. The number of nitrogens with zero attached hydrogens (tertiary/aromatic N) is 4. The van der Waals surface area contributed by atoms with Gasteiger partial charge in [0.05, 0.1) is 4.47 Å². The van der Waals surface area contributed by atoms with Crippen LogP contribution in [0.2, 0.25) is 0 Å². The third-order valence-electron chi connectivity index (χ3n) is 4.27. The van der Waals surface area contributed by atoms with Crippen molar-refractivity contribution in [1.29, 1.82) is 0 Å². The lowest BCUT2D eigenvalue weighted by Gasteiger charge is -2.34. The highest BCUT2D eigenvalue weighted by Gasteiger charge is 2.28. The van der Waals surface area contributed by atoms with E-state index in [0.29, 0.717) is 17.9 Å². The highest BCUT2D eigenvalue weighted by atomic mass is 79.9. The van der Waals surface area contributed by atoms with Gasteiger partial charge in [-0.25, -0.2) is 9.50 Å². The molecule has 4 rings (SSSR count). The van der Waals surface area contributed by atoms with Gasteiger partial charge in [0.1, 0.15) is 0 Å². The van der Waals surface area contributed by atoms with Gasteiger partial charge in [0, 0.05) is 31.0 Å². The lowest BCUT2D eigenvalue weighted by molar-refractivity contribution is 0.0652. The topological polar surface area (TPSA) is 50.5 Å². The molecule has 0 N–H and O–H groups in total. The molecule has 116 valence electrons. The number of hydrogen-bond donors (Lipinski definition) is 0. The Morgan fingerprint density at radius 3 is 2.91 bits per heavy atom. The fourth-order valence-electron chi connectivity index (χ4n) is 3.06. The highest BCUT2D eigenvalue weighted by Crippen LogP contribution is 2.24. The standard InChI is InChI=1S/C17H15BrN4O/c1-11-6-12-4-2-3-5-13(12)9-21(11)17(23)15-7-16-19-8-14(18)10-22(16)20-15/h2-5,7-8,10-11H,6,9H2,1H3/t11-/m1/s1. The summed E-state index contributed by atoms with van der Waals surface area (Å²) in [6.45, 7) is 2.71. The quantitative estimate of drug-likeness (QED) is 0.661. The second-order valence-corrected chi connectivity index (χ2v) is 6.78. The van der Waals surface area contributed by atoms with Gasteiger partial charge in [0.2, 0.25) is 0 Å². The van der Waals surface area contributed by atoms with E-state index in [-0.39, 0.29) is 11.9 Å². The summed E-state index contributed by atoms with van der Waals surface area (Å²) in [4.78, 5) is 19.0. The molecule has 0 spiro atoms. The highest BCUT2D eigenvalue weighted by molar-refractivity contribution is 9.10. The summed E-state index contributed by atoms with van der Waals surface area (Å²) >= 11 is 3.36. The Labute approximate surface area is 142 Å². The molecule has 1 amide bonds. The Morgan fingerprint density at radius 1 is 1.30 bits per heavy atom. The number of benzene rings is 1. The number of aromatic nitrogens is 3. The normalized spacial score (nSPS) is 17.3. The Bertz CT molecular complexity index is 904. The first-order valence-corrected chi connectivity index (χ1v) is 8.30. The van der Waals surface area contributed by atoms with Crippen molar-refractivity contribution in [3.8, 4) is 0 Å². The first-order valence-electron chi connectivity index (χ1n) is 7.50. The van der Waals surface area contributed by atoms with Crippen molar-refractivity contribution in [2.24, 2.45) is 0 Å². The van der Waals surface area contributed by atoms with E-state index in [9.17, 15) is 4.79 Å². The number of carbonyl (C=O) groups excluding carboxylic acids is 1. The van der Waals surface area contributed by atoms with Crippen molar-refractivity contribution in [2.45, 2.75) is 25.9 Å². The predicted molar refractivity (Wildman–Crippen MR) is 90.2 cm³/mol. The molecule has 3 aromatic rings. The average molecular weight is 371 g/mol. The van der Waals surface area contributed by atoms with Gasteiger partial charge < -0.3 is 4.90 Å². The molecule has 23 heavy (non-hydrogen) atoms. The number of carbonyl (C=O) groups is 1. The molecule has 1 aromatic carbocycles. The monoisotopic (exact) mass is 370 g/mol. The van der Waals surface area contributed by atoms with Crippen LogP contribution in [0, 0.1) is 0 Å². The van der Waals surface area contributed by atoms with Crippen molar-refractivity contribution < 1.29 is 4.79 Å². The Kier molecular flexibility index (Phi) is 3.41.